The molecule has 0 spiro atoms. The Kier molecular flexibility index (Phi) is 7.50. The van der Waals surface area contributed by atoms with E-state index >= 15 is 0 Å². The van der Waals surface area contributed by atoms with Crippen molar-refractivity contribution in [2.75, 3.05) is 18.8 Å². The highest BCUT2D eigenvalue weighted by Crippen LogP contribution is 2.31. The molecule has 27 heavy (non-hydrogen) atoms. The molecule has 0 aromatic heterocycles. The Bertz CT molecular complexity index is 737. The molecular weight excluding hydrogens is 403 g/mol. The number of hydrogen-bond donors (Lipinski definition) is 0. The molecule has 0 aliphatic carbocycles. The Morgan fingerprint density at radius 2 is 1.74 bits per heavy atom. The van der Waals surface area contributed by atoms with E-state index in [0.29, 0.717) is 12.1 Å². The normalized spacial score (nSPS) is 14.0. The van der Waals surface area contributed by atoms with E-state index < -0.39 is 57.1 Å². The first-order valence-corrected chi connectivity index (χ1v) is 8.75. The molecule has 1 unspecified atom stereocenters. The second kappa shape index (κ2) is 8.79. The lowest BCUT2D eigenvalue weighted by atomic mass is 10.2. The third-order valence-electron chi connectivity index (χ3n) is 3.25. The third-order valence-corrected chi connectivity index (χ3v) is 4.67. The van der Waals surface area contributed by atoms with Gasteiger partial charge in [-0.1, -0.05) is 0 Å². The highest BCUT2D eigenvalue weighted by atomic mass is 32.2. The molecule has 4 nitrogen and oxygen atoms in total. The monoisotopic (exact) mass is 417 g/mol. The molecule has 1 atom stereocenters. The van der Waals surface area contributed by atoms with Gasteiger partial charge in [0.05, 0.1) is 0 Å². The molecular formula is C15H14F7N3OS. The van der Waals surface area contributed by atoms with Crippen LogP contribution in [0.15, 0.2) is 22.0 Å². The van der Waals surface area contributed by atoms with Crippen molar-refractivity contribution < 1.29 is 35.3 Å². The third kappa shape index (κ3) is 6.28. The lowest BCUT2D eigenvalue weighted by Gasteiger charge is -2.24. The van der Waals surface area contributed by atoms with Gasteiger partial charge >= 0.3 is 12.4 Å². The van der Waals surface area contributed by atoms with Crippen LogP contribution in [-0.2, 0) is 11.2 Å². The first-order chi connectivity index (χ1) is 12.3. The number of amidine groups is 1. The van der Waals surface area contributed by atoms with Crippen LogP contribution in [0.4, 0.5) is 36.4 Å². The van der Waals surface area contributed by atoms with Gasteiger partial charge in [0, 0.05) is 19.2 Å². The van der Waals surface area contributed by atoms with Gasteiger partial charge in [-0.15, -0.1) is 0 Å². The minimum absolute atomic E-state index is 0.112. The van der Waals surface area contributed by atoms with Crippen LogP contribution < -0.4 is 0 Å². The van der Waals surface area contributed by atoms with Crippen molar-refractivity contribution in [1.82, 2.24) is 4.90 Å². The second-order valence-electron chi connectivity index (χ2n) is 5.12. The molecule has 0 aliphatic rings. The first-order valence-electron chi connectivity index (χ1n) is 7.43. The van der Waals surface area contributed by atoms with Gasteiger partial charge in [0.2, 0.25) is 11.6 Å². The summed E-state index contributed by atoms with van der Waals surface area (Å²) in [5, 5.41) is 8.90. The zero-order valence-corrected chi connectivity index (χ0v) is 14.9. The number of benzene rings is 1. The van der Waals surface area contributed by atoms with Crippen LogP contribution in [0.5, 0.6) is 0 Å². The molecule has 0 saturated heterocycles. The van der Waals surface area contributed by atoms with Crippen LogP contribution in [0.2, 0.25) is 0 Å². The van der Waals surface area contributed by atoms with Crippen LogP contribution in [0, 0.1) is 17.1 Å². The van der Waals surface area contributed by atoms with E-state index in [-0.39, 0.29) is 13.1 Å². The summed E-state index contributed by atoms with van der Waals surface area (Å²) in [6, 6.07) is 2.27. The number of hydrogen-bond acceptors (Lipinski definition) is 3. The van der Waals surface area contributed by atoms with Crippen molar-refractivity contribution in [2.45, 2.75) is 31.1 Å². The van der Waals surface area contributed by atoms with Crippen molar-refractivity contribution in [3.8, 4) is 6.07 Å². The summed E-state index contributed by atoms with van der Waals surface area (Å²) in [7, 11) is 0. The molecule has 1 rings (SSSR count). The largest absolute Gasteiger partial charge is 0.611 e. The number of nitrogens with zero attached hydrogens (tertiary/aromatic N) is 3. The predicted molar refractivity (Wildman–Crippen MR) is 84.5 cm³/mol. The smallest absolute Gasteiger partial charge is 0.449 e. The van der Waals surface area contributed by atoms with Crippen molar-refractivity contribution >= 4 is 22.7 Å². The number of nitriles is 1. The molecule has 0 saturated carbocycles. The molecule has 0 fully saturated rings. The standard InChI is InChI=1S/C15H14F7N3OS/c1-3-25(4-2)13(15(20,21)22)24-11-6-12(9(7-23)5-10(11)16)27(26)8-14(17,18)19/h5-6H,3-4,8H2,1-2H3/b24-13+. The summed E-state index contributed by atoms with van der Waals surface area (Å²) < 4.78 is 103. The number of aliphatic imine (C=N–C) groups is 1. The first kappa shape index (κ1) is 23.0. The Hall–Kier alpha value is -2.00. The molecule has 1 aromatic rings. The van der Waals surface area contributed by atoms with Crippen LogP contribution in [0.3, 0.4) is 0 Å². The summed E-state index contributed by atoms with van der Waals surface area (Å²) >= 11 is -2.81. The fourth-order valence-electron chi connectivity index (χ4n) is 2.08. The fourth-order valence-corrected chi connectivity index (χ4v) is 3.13. The van der Waals surface area contributed by atoms with Gasteiger partial charge in [0.15, 0.2) is 10.7 Å². The molecule has 0 radical (unpaired) electrons. The molecule has 12 heteroatoms. The summed E-state index contributed by atoms with van der Waals surface area (Å²) in [5.41, 5.74) is -1.64. The zero-order chi connectivity index (χ0) is 21.0. The van der Waals surface area contributed by atoms with Gasteiger partial charge in [-0.05, 0) is 31.1 Å². The quantitative estimate of drug-likeness (QED) is 0.311. The minimum atomic E-state index is -4.96. The molecule has 0 bridgehead atoms. The van der Waals surface area contributed by atoms with Gasteiger partial charge in [0.25, 0.3) is 0 Å². The van der Waals surface area contributed by atoms with Crippen LogP contribution >= 0.6 is 0 Å². The maximum Gasteiger partial charge on any atom is 0.449 e. The summed E-state index contributed by atoms with van der Waals surface area (Å²) in [4.78, 5) is 3.25. The van der Waals surface area contributed by atoms with Crippen LogP contribution in [-0.4, -0.2) is 46.5 Å². The van der Waals surface area contributed by atoms with Gasteiger partial charge in [-0.25, -0.2) is 9.38 Å². The summed E-state index contributed by atoms with van der Waals surface area (Å²) in [6.07, 6.45) is -9.81. The lowest BCUT2D eigenvalue weighted by molar-refractivity contribution is -0.106. The average Bonchev–Trinajstić information content (AvgIpc) is 2.53. The number of halogens is 7. The van der Waals surface area contributed by atoms with Crippen LogP contribution in [0.25, 0.3) is 0 Å². The van der Waals surface area contributed by atoms with Crippen molar-refractivity contribution in [3.63, 3.8) is 0 Å². The van der Waals surface area contributed by atoms with E-state index in [2.05, 4.69) is 4.99 Å². The van der Waals surface area contributed by atoms with E-state index in [4.69, 9.17) is 5.26 Å². The fraction of sp³-hybridized carbons (Fsp3) is 0.467. The van der Waals surface area contributed by atoms with E-state index in [1.807, 2.05) is 0 Å². The maximum atomic E-state index is 14.1. The summed E-state index contributed by atoms with van der Waals surface area (Å²) in [6.45, 7) is 2.59. The Balaban J connectivity index is 3.55. The van der Waals surface area contributed by atoms with Gasteiger partial charge in [0.1, 0.15) is 17.3 Å². The molecule has 0 aliphatic heterocycles. The predicted octanol–water partition coefficient (Wildman–Crippen LogP) is 4.30. The van der Waals surface area contributed by atoms with Crippen molar-refractivity contribution in [3.05, 3.63) is 23.5 Å². The maximum absolute atomic E-state index is 14.1. The number of rotatable bonds is 5. The second-order valence-corrected chi connectivity index (χ2v) is 6.54. The molecule has 0 N–H and O–H groups in total. The Labute approximate surface area is 153 Å². The van der Waals surface area contributed by atoms with Crippen LogP contribution in [0.1, 0.15) is 19.4 Å². The SMILES string of the molecule is CCN(CC)/C(=N/c1cc([S+]([O-])CC(F)(F)F)c(C#N)cc1F)C(F)(F)F. The van der Waals surface area contributed by atoms with Gasteiger partial charge < -0.3 is 9.45 Å². The van der Waals surface area contributed by atoms with Gasteiger partial charge in [-0.2, -0.15) is 31.6 Å². The molecule has 1 aromatic carbocycles. The molecule has 0 amide bonds. The Morgan fingerprint density at radius 3 is 2.15 bits per heavy atom. The van der Waals surface area contributed by atoms with Crippen molar-refractivity contribution in [2.24, 2.45) is 4.99 Å². The van der Waals surface area contributed by atoms with E-state index in [1.165, 1.54) is 19.9 Å². The highest BCUT2D eigenvalue weighted by Gasteiger charge is 2.40. The topological polar surface area (TPSA) is 62.4 Å². The molecule has 0 heterocycles. The van der Waals surface area contributed by atoms with E-state index in [9.17, 15) is 35.3 Å². The van der Waals surface area contributed by atoms with Crippen molar-refractivity contribution in [1.29, 1.82) is 5.26 Å². The van der Waals surface area contributed by atoms with Gasteiger partial charge in [-0.3, -0.25) is 0 Å². The highest BCUT2D eigenvalue weighted by molar-refractivity contribution is 7.91. The van der Waals surface area contributed by atoms with E-state index in [1.54, 1.807) is 0 Å². The summed E-state index contributed by atoms with van der Waals surface area (Å²) in [5.74, 6) is -4.64. The number of alkyl halides is 6. The minimum Gasteiger partial charge on any atom is -0.611 e. The van der Waals surface area contributed by atoms with E-state index in [0.717, 1.165) is 4.90 Å². The molecule has 150 valence electrons. The lowest BCUT2D eigenvalue weighted by Crippen LogP contribution is -2.41. The average molecular weight is 417 g/mol. The Morgan fingerprint density at radius 1 is 1.19 bits per heavy atom. The zero-order valence-electron chi connectivity index (χ0n) is 14.1.